The molecule has 1 aromatic heterocycles. The average Bonchev–Trinajstić information content (AvgIpc) is 2.93. The van der Waals surface area contributed by atoms with E-state index in [0.717, 1.165) is 24.4 Å². The van der Waals surface area contributed by atoms with Crippen LogP contribution in [0.3, 0.4) is 0 Å². The van der Waals surface area contributed by atoms with Crippen molar-refractivity contribution in [1.29, 1.82) is 0 Å². The number of methoxy groups -OCH3 is 2. The van der Waals surface area contributed by atoms with E-state index in [1.807, 2.05) is 30.6 Å². The van der Waals surface area contributed by atoms with Crippen molar-refractivity contribution in [2.75, 3.05) is 14.2 Å². The molecule has 0 spiro atoms. The van der Waals surface area contributed by atoms with E-state index in [1.165, 1.54) is 0 Å². The summed E-state index contributed by atoms with van der Waals surface area (Å²) >= 11 is 0. The van der Waals surface area contributed by atoms with E-state index in [2.05, 4.69) is 16.5 Å². The number of aryl methyl sites for hydroxylation is 1. The second-order valence-corrected chi connectivity index (χ2v) is 4.93. The molecule has 0 saturated heterocycles. The van der Waals surface area contributed by atoms with Crippen LogP contribution in [0.4, 0.5) is 0 Å². The number of benzene rings is 1. The quantitative estimate of drug-likeness (QED) is 0.851. The minimum Gasteiger partial charge on any atom is -0.493 e. The van der Waals surface area contributed by atoms with Gasteiger partial charge in [-0.15, -0.1) is 0 Å². The SMILES string of the molecule is CCCn1ccnc1CC(N)c1cccc(OC)c1OC. The minimum absolute atomic E-state index is 0.187. The number of hydrogen-bond donors (Lipinski definition) is 1. The lowest BCUT2D eigenvalue weighted by molar-refractivity contribution is 0.349. The van der Waals surface area contributed by atoms with Gasteiger partial charge in [-0.2, -0.15) is 0 Å². The molecule has 0 aliphatic carbocycles. The van der Waals surface area contributed by atoms with Gasteiger partial charge in [-0.05, 0) is 12.5 Å². The highest BCUT2D eigenvalue weighted by atomic mass is 16.5. The molecule has 2 aromatic rings. The van der Waals surface area contributed by atoms with Gasteiger partial charge < -0.3 is 19.8 Å². The Bertz CT molecular complexity index is 581. The third kappa shape index (κ3) is 3.36. The van der Waals surface area contributed by atoms with Crippen LogP contribution < -0.4 is 15.2 Å². The molecule has 0 aliphatic heterocycles. The molecule has 1 aromatic carbocycles. The molecule has 0 saturated carbocycles. The van der Waals surface area contributed by atoms with Gasteiger partial charge in [0, 0.05) is 37.0 Å². The zero-order chi connectivity index (χ0) is 15.2. The predicted octanol–water partition coefficient (Wildman–Crippen LogP) is 2.55. The molecule has 0 fully saturated rings. The summed E-state index contributed by atoms with van der Waals surface area (Å²) < 4.78 is 12.9. The standard InChI is InChI=1S/C16H23N3O2/c1-4-9-19-10-8-18-15(19)11-13(17)12-6-5-7-14(20-2)16(12)21-3/h5-8,10,13H,4,9,11,17H2,1-3H3. The number of nitrogens with zero attached hydrogens (tertiary/aromatic N) is 2. The summed E-state index contributed by atoms with van der Waals surface area (Å²) in [6.07, 6.45) is 5.55. The van der Waals surface area contributed by atoms with Gasteiger partial charge in [-0.1, -0.05) is 19.1 Å². The monoisotopic (exact) mass is 289 g/mol. The van der Waals surface area contributed by atoms with Crippen molar-refractivity contribution in [2.24, 2.45) is 5.73 Å². The summed E-state index contributed by atoms with van der Waals surface area (Å²) in [7, 11) is 3.26. The zero-order valence-corrected chi connectivity index (χ0v) is 12.9. The highest BCUT2D eigenvalue weighted by Gasteiger charge is 2.18. The van der Waals surface area contributed by atoms with Crippen LogP contribution in [-0.2, 0) is 13.0 Å². The van der Waals surface area contributed by atoms with Crippen LogP contribution in [0.5, 0.6) is 11.5 Å². The van der Waals surface area contributed by atoms with Gasteiger partial charge in [-0.3, -0.25) is 0 Å². The smallest absolute Gasteiger partial charge is 0.165 e. The molecule has 0 aliphatic rings. The van der Waals surface area contributed by atoms with Crippen LogP contribution in [-0.4, -0.2) is 23.8 Å². The zero-order valence-electron chi connectivity index (χ0n) is 12.9. The molecule has 1 heterocycles. The number of ether oxygens (including phenoxy) is 2. The Labute approximate surface area is 125 Å². The Hall–Kier alpha value is -2.01. The lowest BCUT2D eigenvalue weighted by atomic mass is 10.0. The highest BCUT2D eigenvalue weighted by Crippen LogP contribution is 2.34. The van der Waals surface area contributed by atoms with Gasteiger partial charge in [-0.25, -0.2) is 4.98 Å². The first-order valence-corrected chi connectivity index (χ1v) is 7.17. The van der Waals surface area contributed by atoms with Gasteiger partial charge >= 0.3 is 0 Å². The van der Waals surface area contributed by atoms with Crippen LogP contribution in [0, 0.1) is 0 Å². The number of aromatic nitrogens is 2. The second-order valence-electron chi connectivity index (χ2n) is 4.93. The third-order valence-electron chi connectivity index (χ3n) is 3.50. The molecule has 1 unspecified atom stereocenters. The number of para-hydroxylation sites is 1. The van der Waals surface area contributed by atoms with Crippen LogP contribution in [0.25, 0.3) is 0 Å². The van der Waals surface area contributed by atoms with Crippen molar-refractivity contribution < 1.29 is 9.47 Å². The van der Waals surface area contributed by atoms with E-state index in [4.69, 9.17) is 15.2 Å². The summed E-state index contributed by atoms with van der Waals surface area (Å²) in [5, 5.41) is 0. The third-order valence-corrected chi connectivity index (χ3v) is 3.50. The summed E-state index contributed by atoms with van der Waals surface area (Å²) in [6, 6.07) is 5.58. The van der Waals surface area contributed by atoms with Crippen LogP contribution in [0.2, 0.25) is 0 Å². The first-order valence-electron chi connectivity index (χ1n) is 7.17. The fourth-order valence-corrected chi connectivity index (χ4v) is 2.49. The van der Waals surface area contributed by atoms with Crippen molar-refractivity contribution in [3.05, 3.63) is 42.0 Å². The average molecular weight is 289 g/mol. The minimum atomic E-state index is -0.187. The Morgan fingerprint density at radius 3 is 2.76 bits per heavy atom. The Kier molecular flexibility index (Phi) is 5.22. The highest BCUT2D eigenvalue weighted by molar-refractivity contribution is 5.48. The van der Waals surface area contributed by atoms with Crippen LogP contribution in [0.15, 0.2) is 30.6 Å². The normalized spacial score (nSPS) is 12.2. The van der Waals surface area contributed by atoms with Gasteiger partial charge in [0.25, 0.3) is 0 Å². The molecule has 0 amide bonds. The topological polar surface area (TPSA) is 62.3 Å². The van der Waals surface area contributed by atoms with E-state index in [9.17, 15) is 0 Å². The number of hydrogen-bond acceptors (Lipinski definition) is 4. The van der Waals surface area contributed by atoms with E-state index in [-0.39, 0.29) is 6.04 Å². The van der Waals surface area contributed by atoms with Crippen molar-refractivity contribution in [3.63, 3.8) is 0 Å². The number of nitrogens with two attached hydrogens (primary N) is 1. The number of rotatable bonds is 7. The first-order chi connectivity index (χ1) is 10.2. The largest absolute Gasteiger partial charge is 0.493 e. The van der Waals surface area contributed by atoms with Crippen molar-refractivity contribution in [1.82, 2.24) is 9.55 Å². The van der Waals surface area contributed by atoms with Crippen molar-refractivity contribution in [3.8, 4) is 11.5 Å². The summed E-state index contributed by atoms with van der Waals surface area (Å²) in [4.78, 5) is 4.41. The number of imidazole rings is 1. The molecular formula is C16H23N3O2. The molecule has 0 radical (unpaired) electrons. The first kappa shape index (κ1) is 15.4. The molecule has 2 N–H and O–H groups in total. The molecule has 114 valence electrons. The van der Waals surface area contributed by atoms with Gasteiger partial charge in [0.15, 0.2) is 11.5 Å². The maximum absolute atomic E-state index is 6.36. The predicted molar refractivity (Wildman–Crippen MR) is 82.7 cm³/mol. The lowest BCUT2D eigenvalue weighted by Crippen LogP contribution is -2.17. The van der Waals surface area contributed by atoms with Gasteiger partial charge in [0.2, 0.25) is 0 Å². The molecule has 21 heavy (non-hydrogen) atoms. The summed E-state index contributed by atoms with van der Waals surface area (Å²) in [6.45, 7) is 3.10. The maximum Gasteiger partial charge on any atom is 0.165 e. The fraction of sp³-hybridized carbons (Fsp3) is 0.438. The molecule has 2 rings (SSSR count). The van der Waals surface area contributed by atoms with E-state index in [1.54, 1.807) is 14.2 Å². The van der Waals surface area contributed by atoms with Gasteiger partial charge in [0.1, 0.15) is 5.82 Å². The lowest BCUT2D eigenvalue weighted by Gasteiger charge is -2.18. The Balaban J connectivity index is 2.24. The Morgan fingerprint density at radius 1 is 1.29 bits per heavy atom. The molecule has 0 bridgehead atoms. The van der Waals surface area contributed by atoms with Crippen LogP contribution >= 0.6 is 0 Å². The second kappa shape index (κ2) is 7.13. The van der Waals surface area contributed by atoms with E-state index in [0.29, 0.717) is 17.9 Å². The van der Waals surface area contributed by atoms with Crippen LogP contribution in [0.1, 0.15) is 30.8 Å². The molecule has 5 nitrogen and oxygen atoms in total. The van der Waals surface area contributed by atoms with Crippen molar-refractivity contribution in [2.45, 2.75) is 32.4 Å². The van der Waals surface area contributed by atoms with Gasteiger partial charge in [0.05, 0.1) is 14.2 Å². The maximum atomic E-state index is 6.36. The molecular weight excluding hydrogens is 266 g/mol. The Morgan fingerprint density at radius 2 is 2.10 bits per heavy atom. The fourth-order valence-electron chi connectivity index (χ4n) is 2.49. The van der Waals surface area contributed by atoms with Crippen molar-refractivity contribution >= 4 is 0 Å². The summed E-state index contributed by atoms with van der Waals surface area (Å²) in [5.74, 6) is 2.39. The van der Waals surface area contributed by atoms with E-state index >= 15 is 0 Å². The summed E-state index contributed by atoms with van der Waals surface area (Å²) in [5.41, 5.74) is 7.30. The molecule has 5 heteroatoms. The molecule has 1 atom stereocenters. The van der Waals surface area contributed by atoms with E-state index < -0.39 is 0 Å².